The molecule has 0 spiro atoms. The van der Waals surface area contributed by atoms with E-state index in [1.165, 1.54) is 40.8 Å². The normalized spacial score (nSPS) is 15.4. The van der Waals surface area contributed by atoms with Crippen molar-refractivity contribution in [3.05, 3.63) is 161 Å². The van der Waals surface area contributed by atoms with Gasteiger partial charge in [0.05, 0.1) is 11.4 Å². The van der Waals surface area contributed by atoms with Crippen molar-refractivity contribution >= 4 is 23.1 Å². The Morgan fingerprint density at radius 2 is 1.05 bits per heavy atom. The molecular formula is C38H30N2. The highest BCUT2D eigenvalue weighted by atomic mass is 14.9. The summed E-state index contributed by atoms with van der Waals surface area (Å²) >= 11 is 0. The van der Waals surface area contributed by atoms with Crippen LogP contribution in [0.25, 0.3) is 39.6 Å². The molecule has 5 aromatic carbocycles. The average Bonchev–Trinajstić information content (AvgIpc) is 3.88. The quantitative estimate of drug-likeness (QED) is 0.218. The molecule has 40 heavy (non-hydrogen) atoms. The van der Waals surface area contributed by atoms with Gasteiger partial charge in [-0.15, -0.1) is 0 Å². The van der Waals surface area contributed by atoms with E-state index in [-0.39, 0.29) is 0 Å². The maximum absolute atomic E-state index is 9.57. The van der Waals surface area contributed by atoms with Crippen molar-refractivity contribution in [3.63, 3.8) is 0 Å². The number of allylic oxidation sites excluding steroid dienone is 2. The van der Waals surface area contributed by atoms with Gasteiger partial charge >= 0.3 is 0 Å². The Morgan fingerprint density at radius 3 is 1.62 bits per heavy atom. The van der Waals surface area contributed by atoms with Crippen molar-refractivity contribution in [2.45, 2.75) is 12.8 Å². The topological polar surface area (TPSA) is 35.9 Å². The van der Waals surface area contributed by atoms with Crippen LogP contribution in [0.4, 0.5) is 0 Å². The molecule has 1 aliphatic carbocycles. The van der Waals surface area contributed by atoms with E-state index >= 15 is 0 Å². The van der Waals surface area contributed by atoms with Gasteiger partial charge in [-0.3, -0.25) is 5.41 Å². The molecule has 2 heteroatoms. The van der Waals surface area contributed by atoms with Crippen molar-refractivity contribution in [2.75, 3.05) is 0 Å². The van der Waals surface area contributed by atoms with Gasteiger partial charge < -0.3 is 5.32 Å². The lowest BCUT2D eigenvalue weighted by Crippen LogP contribution is -2.22. The van der Waals surface area contributed by atoms with Crippen LogP contribution >= 0.6 is 0 Å². The highest BCUT2D eigenvalue weighted by molar-refractivity contribution is 6.36. The molecule has 5 aromatic rings. The van der Waals surface area contributed by atoms with E-state index in [9.17, 15) is 5.41 Å². The van der Waals surface area contributed by atoms with Gasteiger partial charge in [-0.2, -0.15) is 0 Å². The fraction of sp³-hybridized carbons (Fsp3) is 0.0789. The van der Waals surface area contributed by atoms with Gasteiger partial charge in [0.15, 0.2) is 0 Å². The molecule has 0 unspecified atom stereocenters. The van der Waals surface area contributed by atoms with E-state index < -0.39 is 0 Å². The smallest absolute Gasteiger partial charge is 0.0711 e. The molecule has 0 amide bonds. The summed E-state index contributed by atoms with van der Waals surface area (Å²) in [7, 11) is 0. The van der Waals surface area contributed by atoms with Crippen LogP contribution in [0.1, 0.15) is 35.1 Å². The van der Waals surface area contributed by atoms with Crippen LogP contribution in [0.2, 0.25) is 0 Å². The molecule has 0 bridgehead atoms. The Balaban J connectivity index is 1.35. The molecule has 0 aromatic heterocycles. The van der Waals surface area contributed by atoms with Crippen molar-refractivity contribution in [2.24, 2.45) is 5.92 Å². The Bertz CT molecular complexity index is 1740. The summed E-state index contributed by atoms with van der Waals surface area (Å²) in [5.74, 6) is 0.574. The molecule has 7 rings (SSSR count). The molecular weight excluding hydrogens is 484 g/mol. The Hall–Kier alpha value is -4.95. The van der Waals surface area contributed by atoms with Gasteiger partial charge in [-0.25, -0.2) is 0 Å². The minimum atomic E-state index is 0.515. The third-order valence-corrected chi connectivity index (χ3v) is 7.89. The van der Waals surface area contributed by atoms with Crippen molar-refractivity contribution in [3.8, 4) is 22.3 Å². The molecule has 1 saturated carbocycles. The van der Waals surface area contributed by atoms with E-state index in [0.29, 0.717) is 11.6 Å². The lowest BCUT2D eigenvalue weighted by molar-refractivity contribution is 0.898. The number of benzene rings is 5. The van der Waals surface area contributed by atoms with Crippen LogP contribution in [0.3, 0.4) is 0 Å². The summed E-state index contributed by atoms with van der Waals surface area (Å²) in [4.78, 5) is 0. The molecule has 1 fully saturated rings. The first-order chi connectivity index (χ1) is 19.7. The van der Waals surface area contributed by atoms with Gasteiger partial charge in [0.25, 0.3) is 0 Å². The molecule has 1 aliphatic heterocycles. The summed E-state index contributed by atoms with van der Waals surface area (Å²) in [6.07, 6.45) is 4.73. The van der Waals surface area contributed by atoms with E-state index in [4.69, 9.17) is 0 Å². The standard InChI is InChI=1S/C38H30N2/c39-37(32-23-17-29(18-24-32)27-11-5-2-6-12-27)36(31-21-15-28(16-22-31)26-9-3-1-4-10-26)38-34-14-8-7-13-33(34)25-35(40-38)30-19-20-30/h1-18,21-25,30,39-40H,19-20H2/b38-36-,39-37?. The van der Waals surface area contributed by atoms with Crippen molar-refractivity contribution in [1.29, 1.82) is 5.41 Å². The SMILES string of the molecule is N=C(/C(=C1\NC(C2CC2)=Cc2ccccc21)c1ccc(-c2ccccc2)cc1)c1ccc(-c2ccccc2)cc1. The van der Waals surface area contributed by atoms with Gasteiger partial charge in [-0.05, 0) is 58.2 Å². The molecule has 0 atom stereocenters. The summed E-state index contributed by atoms with van der Waals surface area (Å²) in [6.45, 7) is 0. The third kappa shape index (κ3) is 4.69. The zero-order valence-corrected chi connectivity index (χ0v) is 22.3. The third-order valence-electron chi connectivity index (χ3n) is 7.89. The number of nitrogens with one attached hydrogen (secondary N) is 2. The van der Waals surface area contributed by atoms with E-state index in [1.807, 2.05) is 12.1 Å². The lowest BCUT2D eigenvalue weighted by atomic mass is 9.87. The van der Waals surface area contributed by atoms with Crippen LogP contribution in [0.15, 0.2) is 139 Å². The predicted molar refractivity (Wildman–Crippen MR) is 168 cm³/mol. The van der Waals surface area contributed by atoms with Crippen LogP contribution in [-0.2, 0) is 0 Å². The fourth-order valence-electron chi connectivity index (χ4n) is 5.56. The maximum Gasteiger partial charge on any atom is 0.0711 e. The zero-order chi connectivity index (χ0) is 26.9. The lowest BCUT2D eigenvalue weighted by Gasteiger charge is -2.26. The number of hydrogen-bond donors (Lipinski definition) is 2. The molecule has 1 heterocycles. The minimum absolute atomic E-state index is 0.515. The van der Waals surface area contributed by atoms with Crippen LogP contribution in [0, 0.1) is 11.3 Å². The Morgan fingerprint density at radius 1 is 0.550 bits per heavy atom. The number of rotatable bonds is 6. The number of fused-ring (bicyclic) bond motifs is 1. The Kier molecular flexibility index (Phi) is 6.22. The maximum atomic E-state index is 9.57. The first-order valence-electron chi connectivity index (χ1n) is 14.0. The van der Waals surface area contributed by atoms with Gasteiger partial charge in [0.2, 0.25) is 0 Å². The van der Waals surface area contributed by atoms with Crippen LogP contribution in [0.5, 0.6) is 0 Å². The first kappa shape index (κ1) is 24.1. The van der Waals surface area contributed by atoms with E-state index in [0.717, 1.165) is 33.5 Å². The average molecular weight is 515 g/mol. The molecule has 2 N–H and O–H groups in total. The van der Waals surface area contributed by atoms with Gasteiger partial charge in [-0.1, -0.05) is 133 Å². The second-order valence-electron chi connectivity index (χ2n) is 10.6. The first-order valence-corrected chi connectivity index (χ1v) is 14.0. The molecule has 192 valence electrons. The highest BCUT2D eigenvalue weighted by Crippen LogP contribution is 2.42. The highest BCUT2D eigenvalue weighted by Gasteiger charge is 2.31. The Labute approximate surface area is 235 Å². The van der Waals surface area contributed by atoms with Crippen LogP contribution < -0.4 is 5.32 Å². The summed E-state index contributed by atoms with van der Waals surface area (Å²) in [5, 5.41) is 13.4. The monoisotopic (exact) mass is 514 g/mol. The van der Waals surface area contributed by atoms with Crippen LogP contribution in [-0.4, -0.2) is 5.71 Å². The van der Waals surface area contributed by atoms with E-state index in [1.54, 1.807) is 0 Å². The van der Waals surface area contributed by atoms with Crippen molar-refractivity contribution in [1.82, 2.24) is 5.32 Å². The second-order valence-corrected chi connectivity index (χ2v) is 10.6. The predicted octanol–water partition coefficient (Wildman–Crippen LogP) is 9.31. The van der Waals surface area contributed by atoms with Gasteiger partial charge in [0.1, 0.15) is 0 Å². The number of hydrogen-bond acceptors (Lipinski definition) is 2. The molecule has 2 nitrogen and oxygen atoms in total. The largest absolute Gasteiger partial charge is 0.358 e. The van der Waals surface area contributed by atoms with Crippen molar-refractivity contribution < 1.29 is 0 Å². The minimum Gasteiger partial charge on any atom is -0.358 e. The summed E-state index contributed by atoms with van der Waals surface area (Å²) in [6, 6.07) is 46.5. The summed E-state index contributed by atoms with van der Waals surface area (Å²) < 4.78 is 0. The zero-order valence-electron chi connectivity index (χ0n) is 22.3. The second kappa shape index (κ2) is 10.3. The summed E-state index contributed by atoms with van der Waals surface area (Å²) in [5.41, 5.74) is 12.7. The molecule has 0 saturated heterocycles. The van der Waals surface area contributed by atoms with Gasteiger partial charge in [0, 0.05) is 22.4 Å². The molecule has 0 radical (unpaired) electrons. The fourth-order valence-corrected chi connectivity index (χ4v) is 5.56. The van der Waals surface area contributed by atoms with E-state index in [2.05, 4.69) is 133 Å². The molecule has 2 aliphatic rings.